The van der Waals surface area contributed by atoms with E-state index >= 15 is 0 Å². The largest absolute Gasteiger partial charge is 0.447 e. The van der Waals surface area contributed by atoms with Crippen molar-refractivity contribution in [1.29, 1.82) is 0 Å². The highest BCUT2D eigenvalue weighted by molar-refractivity contribution is 5.92. The van der Waals surface area contributed by atoms with Crippen LogP contribution < -0.4 is 0 Å². The van der Waals surface area contributed by atoms with E-state index in [-0.39, 0.29) is 29.9 Å². The van der Waals surface area contributed by atoms with Gasteiger partial charge in [0, 0.05) is 40.6 Å². The Kier molecular flexibility index (Phi) is 4.29. The topological polar surface area (TPSA) is 52.3 Å². The quantitative estimate of drug-likeness (QED) is 0.718. The Morgan fingerprint density at radius 3 is 2.48 bits per heavy atom. The number of furan rings is 1. The van der Waals surface area contributed by atoms with E-state index in [2.05, 4.69) is 9.93 Å². The van der Waals surface area contributed by atoms with Gasteiger partial charge in [0.15, 0.2) is 5.58 Å². The van der Waals surface area contributed by atoms with Gasteiger partial charge in [-0.2, -0.15) is 0 Å². The average molecular weight is 355 g/mol. The number of aromatic nitrogens is 1. The second-order valence-electron chi connectivity index (χ2n) is 7.66. The van der Waals surface area contributed by atoms with Crippen LogP contribution in [0.2, 0.25) is 0 Å². The molecule has 0 bridgehead atoms. The molecule has 0 radical (unpaired) electrons. The number of nitrogens with zero attached hydrogens (tertiary/aromatic N) is 1. The van der Waals surface area contributed by atoms with Crippen molar-refractivity contribution in [2.24, 2.45) is 0 Å². The van der Waals surface area contributed by atoms with E-state index in [1.807, 2.05) is 26.8 Å². The predicted octanol–water partition coefficient (Wildman–Crippen LogP) is 5.46. The van der Waals surface area contributed by atoms with Crippen LogP contribution in [0.25, 0.3) is 11.1 Å². The maximum atomic E-state index is 13.4. The normalized spacial score (nSPS) is 18.5. The molecule has 2 aromatic rings. The van der Waals surface area contributed by atoms with Crippen LogP contribution in [0.1, 0.15) is 74.2 Å². The Balaban J connectivity index is 2.07. The Hall–Kier alpha value is -2.05. The van der Waals surface area contributed by atoms with Crippen LogP contribution in [0.15, 0.2) is 16.5 Å². The number of carbonyl (C=O) groups excluding carboxylic acids is 1. The number of hydrogen-bond donors (Lipinski definition) is 0. The molecule has 1 fully saturated rings. The number of fused-ring (bicyclic) bond motifs is 1. The number of carbonyl (C=O) groups is 1. The molecule has 136 valence electrons. The van der Waals surface area contributed by atoms with Gasteiger partial charge in [-0.05, 0) is 24.3 Å². The molecule has 25 heavy (non-hydrogen) atoms. The second kappa shape index (κ2) is 6.04. The lowest BCUT2D eigenvalue weighted by molar-refractivity contribution is -0.0810. The summed E-state index contributed by atoms with van der Waals surface area (Å²) in [6.07, 6.45) is 0.388. The maximum absolute atomic E-state index is 13.4. The Morgan fingerprint density at radius 2 is 1.92 bits per heavy atom. The van der Waals surface area contributed by atoms with Crippen molar-refractivity contribution in [3.63, 3.8) is 0 Å². The smallest absolute Gasteiger partial charge is 0.414 e. The van der Waals surface area contributed by atoms with Crippen molar-refractivity contribution in [2.45, 2.75) is 63.7 Å². The summed E-state index contributed by atoms with van der Waals surface area (Å²) in [7, 11) is 0. The van der Waals surface area contributed by atoms with Crippen molar-refractivity contribution < 1.29 is 27.5 Å². The molecule has 7 heteroatoms. The third kappa shape index (κ3) is 3.50. The second-order valence-corrected chi connectivity index (χ2v) is 7.66. The van der Waals surface area contributed by atoms with Crippen molar-refractivity contribution in [3.8, 4) is 0 Å². The van der Waals surface area contributed by atoms with Gasteiger partial charge in [-0.25, -0.2) is 23.5 Å². The fraction of sp³-hybridized carbons (Fsp3) is 0.556. The number of pyridine rings is 1. The predicted molar refractivity (Wildman–Crippen MR) is 85.4 cm³/mol. The first-order valence-corrected chi connectivity index (χ1v) is 8.26. The van der Waals surface area contributed by atoms with Crippen LogP contribution in [-0.4, -0.2) is 16.9 Å². The first-order chi connectivity index (χ1) is 11.6. The lowest BCUT2D eigenvalue weighted by Gasteiger charge is -2.29. The highest BCUT2D eigenvalue weighted by Crippen LogP contribution is 2.42. The minimum absolute atomic E-state index is 0.0726. The van der Waals surface area contributed by atoms with Gasteiger partial charge in [-0.15, -0.1) is 0 Å². The number of rotatable bonds is 2. The van der Waals surface area contributed by atoms with Gasteiger partial charge in [0.05, 0.1) is 0 Å². The summed E-state index contributed by atoms with van der Waals surface area (Å²) in [5.41, 5.74) is 1.96. The third-order valence-corrected chi connectivity index (χ3v) is 4.71. The van der Waals surface area contributed by atoms with Crippen LogP contribution in [-0.2, 0) is 10.4 Å². The molecule has 4 nitrogen and oxygen atoms in total. The summed E-state index contributed by atoms with van der Waals surface area (Å²) in [5, 5.41) is 0. The van der Waals surface area contributed by atoms with Crippen LogP contribution in [0.4, 0.5) is 13.3 Å². The molecule has 0 unspecified atom stereocenters. The molecule has 1 aliphatic rings. The van der Waals surface area contributed by atoms with Crippen LogP contribution >= 0.6 is 0 Å². The van der Waals surface area contributed by atoms with E-state index in [0.29, 0.717) is 29.6 Å². The average Bonchev–Trinajstić information content (AvgIpc) is 2.96. The van der Waals surface area contributed by atoms with Crippen molar-refractivity contribution in [2.75, 3.05) is 0 Å². The monoisotopic (exact) mass is 355 g/mol. The standard InChI is InChI=1S/C18H20F3NO3/c1-17(2,3)11-8-12(10-4-6-18(19,20)7-5-10)22-13-9-14(16(23)25-21)24-15(11)13/h8-10H,4-7H2,1-3H3. The molecule has 1 aliphatic carbocycles. The first kappa shape index (κ1) is 17.8. The molecule has 0 N–H and O–H groups in total. The lowest BCUT2D eigenvalue weighted by atomic mass is 9.81. The first-order valence-electron chi connectivity index (χ1n) is 8.26. The number of alkyl halides is 2. The molecule has 0 aromatic carbocycles. The van der Waals surface area contributed by atoms with Gasteiger partial charge in [0.2, 0.25) is 11.7 Å². The van der Waals surface area contributed by atoms with E-state index < -0.39 is 11.9 Å². The molecule has 0 atom stereocenters. The molecule has 0 aliphatic heterocycles. The molecule has 3 rings (SSSR count). The maximum Gasteiger partial charge on any atom is 0.414 e. The minimum atomic E-state index is -2.61. The molecule has 2 aromatic heterocycles. The van der Waals surface area contributed by atoms with Crippen molar-refractivity contribution in [3.05, 3.63) is 29.2 Å². The highest BCUT2D eigenvalue weighted by Gasteiger charge is 2.36. The Labute approximate surface area is 143 Å². The van der Waals surface area contributed by atoms with Crippen LogP contribution in [0, 0.1) is 0 Å². The molecule has 0 amide bonds. The summed E-state index contributed by atoms with van der Waals surface area (Å²) in [4.78, 5) is 19.1. The van der Waals surface area contributed by atoms with Crippen molar-refractivity contribution >= 4 is 17.1 Å². The lowest BCUT2D eigenvalue weighted by Crippen LogP contribution is -2.24. The zero-order valence-electron chi connectivity index (χ0n) is 14.4. The van der Waals surface area contributed by atoms with Gasteiger partial charge >= 0.3 is 5.97 Å². The summed E-state index contributed by atoms with van der Waals surface area (Å²) in [6, 6.07) is 3.18. The van der Waals surface area contributed by atoms with Crippen LogP contribution in [0.3, 0.4) is 0 Å². The zero-order chi connectivity index (χ0) is 18.4. The van der Waals surface area contributed by atoms with Gasteiger partial charge in [-0.3, -0.25) is 0 Å². The van der Waals surface area contributed by atoms with E-state index in [1.165, 1.54) is 6.07 Å². The van der Waals surface area contributed by atoms with E-state index in [4.69, 9.17) is 4.42 Å². The van der Waals surface area contributed by atoms with Gasteiger partial charge in [0.25, 0.3) is 0 Å². The summed E-state index contributed by atoms with van der Waals surface area (Å²) in [6.45, 7) is 5.91. The van der Waals surface area contributed by atoms with E-state index in [0.717, 1.165) is 5.56 Å². The van der Waals surface area contributed by atoms with Crippen molar-refractivity contribution in [1.82, 2.24) is 4.98 Å². The SMILES string of the molecule is CC(C)(C)c1cc(C2CCC(F)(F)CC2)nc2cc(C(=O)OF)oc12. The molecule has 2 heterocycles. The molecular weight excluding hydrogens is 335 g/mol. The van der Waals surface area contributed by atoms with E-state index in [1.54, 1.807) is 0 Å². The summed E-state index contributed by atoms with van der Waals surface area (Å²) in [5.74, 6) is -4.18. The Bertz CT molecular complexity index is 798. The third-order valence-electron chi connectivity index (χ3n) is 4.71. The van der Waals surface area contributed by atoms with E-state index in [9.17, 15) is 18.1 Å². The fourth-order valence-electron chi connectivity index (χ4n) is 3.28. The molecular formula is C18H20F3NO3. The zero-order valence-corrected chi connectivity index (χ0v) is 14.4. The van der Waals surface area contributed by atoms with Gasteiger partial charge in [0.1, 0.15) is 5.52 Å². The molecule has 0 saturated heterocycles. The highest BCUT2D eigenvalue weighted by atomic mass is 19.3. The summed E-state index contributed by atoms with van der Waals surface area (Å²) < 4.78 is 44.5. The molecule has 0 spiro atoms. The molecule has 1 saturated carbocycles. The van der Waals surface area contributed by atoms with Gasteiger partial charge < -0.3 is 4.42 Å². The fourth-order valence-corrected chi connectivity index (χ4v) is 3.28. The number of halogens is 3. The van der Waals surface area contributed by atoms with Gasteiger partial charge in [-0.1, -0.05) is 20.8 Å². The Morgan fingerprint density at radius 1 is 1.28 bits per heavy atom. The number of hydrogen-bond acceptors (Lipinski definition) is 4. The van der Waals surface area contributed by atoms with Crippen LogP contribution in [0.5, 0.6) is 0 Å². The summed E-state index contributed by atoms with van der Waals surface area (Å²) >= 11 is 0. The minimum Gasteiger partial charge on any atom is -0.447 e.